The molecule has 2 N–H and O–H groups in total. The van der Waals surface area contributed by atoms with Gasteiger partial charge >= 0.3 is 0 Å². The van der Waals surface area contributed by atoms with Gasteiger partial charge in [-0.25, -0.2) is 0 Å². The zero-order valence-corrected chi connectivity index (χ0v) is 8.65. The van der Waals surface area contributed by atoms with Crippen molar-refractivity contribution in [3.05, 3.63) is 24.3 Å². The molecule has 0 aliphatic rings. The number of hydrogen-bond acceptors (Lipinski definition) is 1. The third kappa shape index (κ3) is 44.2. The lowest BCUT2D eigenvalue weighted by atomic mass is 10.3. The van der Waals surface area contributed by atoms with E-state index in [1.54, 1.807) is 6.08 Å². The maximum atomic E-state index is 5.21. The first-order chi connectivity index (χ1) is 5.22. The second-order valence-corrected chi connectivity index (χ2v) is 1.75. The molecule has 0 radical (unpaired) electrons. The zero-order chi connectivity index (χ0) is 9.70. The topological polar surface area (TPSA) is 26.0 Å². The number of rotatable bonds is 1. The molecular weight excluding hydrogens is 134 g/mol. The molecule has 0 aliphatic carbocycles. The summed E-state index contributed by atoms with van der Waals surface area (Å²) >= 11 is 0. The van der Waals surface area contributed by atoms with Gasteiger partial charge in [-0.2, -0.15) is 0 Å². The predicted molar refractivity (Wildman–Crippen MR) is 55.7 cm³/mol. The molecule has 0 aromatic carbocycles. The lowest BCUT2D eigenvalue weighted by molar-refractivity contribution is 1.13. The van der Waals surface area contributed by atoms with E-state index in [1.807, 2.05) is 40.7 Å². The highest BCUT2D eigenvalue weighted by atomic mass is 14.5. The molecular formula is C10H23N. The van der Waals surface area contributed by atoms with Crippen LogP contribution in [0, 0.1) is 0 Å². The van der Waals surface area contributed by atoms with Crippen LogP contribution in [-0.4, -0.2) is 6.54 Å². The summed E-state index contributed by atoms with van der Waals surface area (Å²) in [5.74, 6) is 0. The van der Waals surface area contributed by atoms with E-state index in [2.05, 4.69) is 6.58 Å². The van der Waals surface area contributed by atoms with Gasteiger partial charge in [-0.05, 0) is 20.8 Å². The van der Waals surface area contributed by atoms with Crippen molar-refractivity contribution in [1.82, 2.24) is 0 Å². The third-order valence-electron chi connectivity index (χ3n) is 0.815. The Kier molecular flexibility index (Phi) is 34.7. The first-order valence-corrected chi connectivity index (χ1v) is 4.11. The van der Waals surface area contributed by atoms with Gasteiger partial charge in [0.15, 0.2) is 0 Å². The SMILES string of the molecule is C/C=C(\C)CN.C=CC.CC. The Morgan fingerprint density at radius 3 is 1.64 bits per heavy atom. The van der Waals surface area contributed by atoms with Crippen molar-refractivity contribution in [3.8, 4) is 0 Å². The number of hydrogen-bond donors (Lipinski definition) is 1. The quantitative estimate of drug-likeness (QED) is 0.581. The van der Waals surface area contributed by atoms with Crippen LogP contribution in [0.4, 0.5) is 0 Å². The lowest BCUT2D eigenvalue weighted by Crippen LogP contribution is -1.98. The summed E-state index contributed by atoms with van der Waals surface area (Å²) in [6.45, 7) is 13.9. The Labute approximate surface area is 72.0 Å². The fourth-order valence-electron chi connectivity index (χ4n) is 0.118. The second-order valence-electron chi connectivity index (χ2n) is 1.75. The summed E-state index contributed by atoms with van der Waals surface area (Å²) in [7, 11) is 0. The van der Waals surface area contributed by atoms with Gasteiger partial charge in [0.05, 0.1) is 0 Å². The molecule has 11 heavy (non-hydrogen) atoms. The van der Waals surface area contributed by atoms with Crippen molar-refractivity contribution < 1.29 is 0 Å². The maximum absolute atomic E-state index is 5.21. The van der Waals surface area contributed by atoms with Crippen LogP contribution in [0.1, 0.15) is 34.6 Å². The molecule has 0 aliphatic heterocycles. The molecule has 0 rings (SSSR count). The van der Waals surface area contributed by atoms with E-state index in [1.165, 1.54) is 5.57 Å². The molecule has 0 unspecified atom stereocenters. The van der Waals surface area contributed by atoms with Gasteiger partial charge in [-0.1, -0.05) is 31.6 Å². The van der Waals surface area contributed by atoms with Crippen LogP contribution in [0.3, 0.4) is 0 Å². The second kappa shape index (κ2) is 22.7. The van der Waals surface area contributed by atoms with E-state index in [4.69, 9.17) is 5.73 Å². The molecule has 0 amide bonds. The smallest absolute Gasteiger partial charge is 0.0133 e. The van der Waals surface area contributed by atoms with E-state index in [-0.39, 0.29) is 0 Å². The molecule has 0 fully saturated rings. The molecule has 0 atom stereocenters. The van der Waals surface area contributed by atoms with Crippen LogP contribution in [0.2, 0.25) is 0 Å². The summed E-state index contributed by atoms with van der Waals surface area (Å²) in [5.41, 5.74) is 6.46. The Hall–Kier alpha value is -0.560. The minimum absolute atomic E-state index is 0.691. The van der Waals surface area contributed by atoms with Crippen molar-refractivity contribution in [2.24, 2.45) is 5.73 Å². The van der Waals surface area contributed by atoms with Crippen LogP contribution in [0.5, 0.6) is 0 Å². The van der Waals surface area contributed by atoms with Crippen LogP contribution in [-0.2, 0) is 0 Å². The molecule has 0 aromatic rings. The first-order valence-electron chi connectivity index (χ1n) is 4.11. The van der Waals surface area contributed by atoms with Gasteiger partial charge in [0, 0.05) is 6.54 Å². The van der Waals surface area contributed by atoms with Gasteiger partial charge in [0.1, 0.15) is 0 Å². The van der Waals surface area contributed by atoms with E-state index < -0.39 is 0 Å². The van der Waals surface area contributed by atoms with Gasteiger partial charge in [-0.3, -0.25) is 0 Å². The molecule has 1 heteroatoms. The Morgan fingerprint density at radius 2 is 1.64 bits per heavy atom. The third-order valence-corrected chi connectivity index (χ3v) is 0.815. The molecule has 0 spiro atoms. The van der Waals surface area contributed by atoms with Crippen molar-refractivity contribution >= 4 is 0 Å². The summed E-state index contributed by atoms with van der Waals surface area (Å²) < 4.78 is 0. The van der Waals surface area contributed by atoms with E-state index in [0.29, 0.717) is 6.54 Å². The average Bonchev–Trinajstić information content (AvgIpc) is 2.08. The Balaban J connectivity index is -0.000000109. The highest BCUT2D eigenvalue weighted by molar-refractivity contribution is 4.95. The number of nitrogens with two attached hydrogens (primary N) is 1. The van der Waals surface area contributed by atoms with Gasteiger partial charge in [-0.15, -0.1) is 6.58 Å². The van der Waals surface area contributed by atoms with Crippen molar-refractivity contribution in [1.29, 1.82) is 0 Å². The molecule has 0 heterocycles. The first kappa shape index (κ1) is 16.8. The van der Waals surface area contributed by atoms with Crippen LogP contribution in [0.15, 0.2) is 24.3 Å². The predicted octanol–water partition coefficient (Wildman–Crippen LogP) is 3.13. The van der Waals surface area contributed by atoms with Gasteiger partial charge in [0.2, 0.25) is 0 Å². The van der Waals surface area contributed by atoms with Crippen molar-refractivity contribution in [2.75, 3.05) is 6.54 Å². The summed E-state index contributed by atoms with van der Waals surface area (Å²) in [4.78, 5) is 0. The van der Waals surface area contributed by atoms with Crippen molar-refractivity contribution in [2.45, 2.75) is 34.6 Å². The highest BCUT2D eigenvalue weighted by Gasteiger charge is 1.73. The van der Waals surface area contributed by atoms with Gasteiger partial charge < -0.3 is 5.73 Å². The summed E-state index contributed by atoms with van der Waals surface area (Å²) in [6, 6.07) is 0. The van der Waals surface area contributed by atoms with E-state index >= 15 is 0 Å². The Bertz CT molecular complexity index is 82.9. The van der Waals surface area contributed by atoms with Crippen LogP contribution in [0.25, 0.3) is 0 Å². The molecule has 1 nitrogen and oxygen atoms in total. The largest absolute Gasteiger partial charge is 0.327 e. The maximum Gasteiger partial charge on any atom is 0.0133 e. The standard InChI is InChI=1S/C5H11N.C3H6.C2H6/c1-3-5(2)4-6;1-3-2;1-2/h3H,4,6H2,1-2H3;3H,1H2,2H3;1-2H3/b5-3+;;. The lowest BCUT2D eigenvalue weighted by Gasteiger charge is -1.85. The highest BCUT2D eigenvalue weighted by Crippen LogP contribution is 1.82. The fraction of sp³-hybridized carbons (Fsp3) is 0.600. The Morgan fingerprint density at radius 1 is 1.36 bits per heavy atom. The van der Waals surface area contributed by atoms with Crippen LogP contribution < -0.4 is 5.73 Å². The molecule has 0 bridgehead atoms. The normalized spacial score (nSPS) is 8.36. The number of allylic oxidation sites excluding steroid dienone is 2. The molecule has 0 saturated carbocycles. The molecule has 0 saturated heterocycles. The molecule has 68 valence electrons. The minimum Gasteiger partial charge on any atom is -0.327 e. The zero-order valence-electron chi connectivity index (χ0n) is 8.65. The molecule has 0 aromatic heterocycles. The van der Waals surface area contributed by atoms with Crippen molar-refractivity contribution in [3.63, 3.8) is 0 Å². The monoisotopic (exact) mass is 157 g/mol. The summed E-state index contributed by atoms with van der Waals surface area (Å²) in [6.07, 6.45) is 3.76. The van der Waals surface area contributed by atoms with E-state index in [9.17, 15) is 0 Å². The fourth-order valence-corrected chi connectivity index (χ4v) is 0.118. The van der Waals surface area contributed by atoms with Crippen LogP contribution >= 0.6 is 0 Å². The average molecular weight is 157 g/mol. The minimum atomic E-state index is 0.691. The summed E-state index contributed by atoms with van der Waals surface area (Å²) in [5, 5.41) is 0. The van der Waals surface area contributed by atoms with E-state index in [0.717, 1.165) is 0 Å². The van der Waals surface area contributed by atoms with Gasteiger partial charge in [0.25, 0.3) is 0 Å².